The van der Waals surface area contributed by atoms with Crippen LogP contribution in [-0.2, 0) is 0 Å². The number of nitrogens with two attached hydrogens (primary N) is 1. The van der Waals surface area contributed by atoms with Gasteiger partial charge < -0.3 is 15.8 Å². The summed E-state index contributed by atoms with van der Waals surface area (Å²) in [4.78, 5) is 4.53. The highest BCUT2D eigenvalue weighted by molar-refractivity contribution is 5.78. The number of hydrogen-bond donors (Lipinski definition) is 2. The smallest absolute Gasteiger partial charge is 0.189 e. The zero-order valence-electron chi connectivity index (χ0n) is 13.5. The van der Waals surface area contributed by atoms with E-state index in [1.165, 1.54) is 0 Å². The van der Waals surface area contributed by atoms with Crippen LogP contribution in [0.4, 0.5) is 0 Å². The summed E-state index contributed by atoms with van der Waals surface area (Å²) in [6, 6.07) is 8.28. The molecule has 0 saturated carbocycles. The number of fused-ring (bicyclic) bond motifs is 1. The largest absolute Gasteiger partial charge is 0.493 e. The number of nitrogens with one attached hydrogen (secondary N) is 1. The van der Waals surface area contributed by atoms with Crippen LogP contribution in [0, 0.1) is 11.3 Å². The molecule has 116 valence electrons. The molecule has 0 spiro atoms. The molecule has 1 aliphatic heterocycles. The Morgan fingerprint density at radius 1 is 1.43 bits per heavy atom. The fraction of sp³-hybridized carbons (Fsp3) is 0.588. The maximum Gasteiger partial charge on any atom is 0.189 e. The molecule has 4 heteroatoms. The molecule has 1 unspecified atom stereocenters. The normalized spacial score (nSPS) is 19.1. The topological polar surface area (TPSA) is 59.6 Å². The van der Waals surface area contributed by atoms with Crippen molar-refractivity contribution in [2.24, 2.45) is 22.1 Å². The van der Waals surface area contributed by atoms with Crippen molar-refractivity contribution in [1.82, 2.24) is 5.32 Å². The van der Waals surface area contributed by atoms with E-state index in [0.29, 0.717) is 18.5 Å². The van der Waals surface area contributed by atoms with Gasteiger partial charge >= 0.3 is 0 Å². The second kappa shape index (κ2) is 6.37. The standard InChI is InChI=1S/C17H27N3O/c1-12(2)17(3,4)11-19-16(18)20-14-9-10-21-15-8-6-5-7-13(14)15/h5-8,12,14H,9-11H2,1-4H3,(H3,18,19,20). The lowest BCUT2D eigenvalue weighted by Crippen LogP contribution is -2.38. The van der Waals surface area contributed by atoms with Gasteiger partial charge in [0.2, 0.25) is 0 Å². The highest BCUT2D eigenvalue weighted by Gasteiger charge is 2.23. The lowest BCUT2D eigenvalue weighted by atomic mass is 9.81. The molecule has 0 fully saturated rings. The number of para-hydroxylation sites is 1. The summed E-state index contributed by atoms with van der Waals surface area (Å²) in [6.45, 7) is 10.3. The maximum absolute atomic E-state index is 6.07. The minimum Gasteiger partial charge on any atom is -0.493 e. The van der Waals surface area contributed by atoms with Gasteiger partial charge in [0.25, 0.3) is 0 Å². The van der Waals surface area contributed by atoms with Crippen molar-refractivity contribution in [2.45, 2.75) is 40.2 Å². The molecule has 1 aromatic carbocycles. The second-order valence-corrected chi connectivity index (χ2v) is 6.72. The molecule has 1 aromatic rings. The lowest BCUT2D eigenvalue weighted by Gasteiger charge is -2.29. The Balaban J connectivity index is 2.02. The molecular formula is C17H27N3O. The number of aliphatic imine (C=N–C) groups is 1. The Morgan fingerprint density at radius 3 is 2.86 bits per heavy atom. The summed E-state index contributed by atoms with van der Waals surface area (Å²) < 4.78 is 5.66. The van der Waals surface area contributed by atoms with Crippen LogP contribution in [0.5, 0.6) is 5.75 Å². The first-order valence-corrected chi connectivity index (χ1v) is 7.68. The van der Waals surface area contributed by atoms with E-state index >= 15 is 0 Å². The number of nitrogens with zero attached hydrogens (tertiary/aromatic N) is 1. The molecule has 1 atom stereocenters. The predicted molar refractivity (Wildman–Crippen MR) is 87.5 cm³/mol. The minimum atomic E-state index is 0.153. The minimum absolute atomic E-state index is 0.153. The summed E-state index contributed by atoms with van der Waals surface area (Å²) in [5.41, 5.74) is 7.38. The van der Waals surface area contributed by atoms with Gasteiger partial charge in [0, 0.05) is 18.5 Å². The fourth-order valence-electron chi connectivity index (χ4n) is 2.19. The van der Waals surface area contributed by atoms with Gasteiger partial charge in [-0.2, -0.15) is 0 Å². The summed E-state index contributed by atoms with van der Waals surface area (Å²) in [7, 11) is 0. The number of rotatable bonds is 4. The van der Waals surface area contributed by atoms with Gasteiger partial charge in [-0.15, -0.1) is 0 Å². The van der Waals surface area contributed by atoms with Crippen LogP contribution >= 0.6 is 0 Å². The average molecular weight is 289 g/mol. The van der Waals surface area contributed by atoms with Crippen LogP contribution < -0.4 is 15.8 Å². The molecule has 0 aliphatic carbocycles. The molecule has 0 saturated heterocycles. The molecular weight excluding hydrogens is 262 g/mol. The Labute approximate surface area is 127 Å². The van der Waals surface area contributed by atoms with E-state index in [9.17, 15) is 0 Å². The van der Waals surface area contributed by atoms with Crippen molar-refractivity contribution in [1.29, 1.82) is 0 Å². The number of benzene rings is 1. The van der Waals surface area contributed by atoms with E-state index in [1.54, 1.807) is 0 Å². The van der Waals surface area contributed by atoms with Gasteiger partial charge in [-0.1, -0.05) is 45.9 Å². The van der Waals surface area contributed by atoms with Crippen molar-refractivity contribution in [2.75, 3.05) is 13.2 Å². The summed E-state index contributed by atoms with van der Waals surface area (Å²) in [6.07, 6.45) is 0.904. The molecule has 1 aliphatic rings. The van der Waals surface area contributed by atoms with Crippen molar-refractivity contribution in [3.05, 3.63) is 29.8 Å². The van der Waals surface area contributed by atoms with Gasteiger partial charge in [-0.3, -0.25) is 4.99 Å². The van der Waals surface area contributed by atoms with Gasteiger partial charge in [0.15, 0.2) is 5.96 Å². The SMILES string of the molecule is CC(C)C(C)(C)CN=C(N)NC1CCOc2ccccc21. The number of guanidine groups is 1. The Kier molecular flexibility index (Phi) is 4.76. The molecule has 0 amide bonds. The fourth-order valence-corrected chi connectivity index (χ4v) is 2.19. The van der Waals surface area contributed by atoms with Crippen LogP contribution in [0.2, 0.25) is 0 Å². The Hall–Kier alpha value is -1.71. The third kappa shape index (κ3) is 3.90. The first kappa shape index (κ1) is 15.7. The van der Waals surface area contributed by atoms with E-state index < -0.39 is 0 Å². The van der Waals surface area contributed by atoms with Crippen molar-refractivity contribution >= 4 is 5.96 Å². The Morgan fingerprint density at radius 2 is 2.14 bits per heavy atom. The first-order valence-electron chi connectivity index (χ1n) is 7.68. The maximum atomic E-state index is 6.07. The average Bonchev–Trinajstić information content (AvgIpc) is 2.45. The summed E-state index contributed by atoms with van der Waals surface area (Å²) >= 11 is 0. The van der Waals surface area contributed by atoms with Gasteiger partial charge in [0.1, 0.15) is 5.75 Å². The highest BCUT2D eigenvalue weighted by atomic mass is 16.5. The van der Waals surface area contributed by atoms with Crippen LogP contribution in [0.1, 0.15) is 45.7 Å². The van der Waals surface area contributed by atoms with E-state index in [1.807, 2.05) is 18.2 Å². The summed E-state index contributed by atoms with van der Waals surface area (Å²) in [5, 5.41) is 3.33. The van der Waals surface area contributed by atoms with Crippen molar-refractivity contribution in [3.63, 3.8) is 0 Å². The molecule has 0 bridgehead atoms. The van der Waals surface area contributed by atoms with Crippen LogP contribution in [0.15, 0.2) is 29.3 Å². The van der Waals surface area contributed by atoms with Gasteiger partial charge in [-0.05, 0) is 17.4 Å². The molecule has 21 heavy (non-hydrogen) atoms. The zero-order chi connectivity index (χ0) is 15.5. The second-order valence-electron chi connectivity index (χ2n) is 6.72. The van der Waals surface area contributed by atoms with E-state index in [-0.39, 0.29) is 11.5 Å². The first-order chi connectivity index (χ1) is 9.90. The zero-order valence-corrected chi connectivity index (χ0v) is 13.5. The molecule has 2 rings (SSSR count). The Bertz CT molecular complexity index is 509. The van der Waals surface area contributed by atoms with E-state index in [0.717, 1.165) is 24.3 Å². The lowest BCUT2D eigenvalue weighted by molar-refractivity contribution is 0.258. The third-order valence-corrected chi connectivity index (χ3v) is 4.50. The van der Waals surface area contributed by atoms with E-state index in [4.69, 9.17) is 10.5 Å². The van der Waals surface area contributed by atoms with Crippen molar-refractivity contribution in [3.8, 4) is 5.75 Å². The third-order valence-electron chi connectivity index (χ3n) is 4.50. The van der Waals surface area contributed by atoms with Crippen LogP contribution in [0.3, 0.4) is 0 Å². The van der Waals surface area contributed by atoms with Crippen LogP contribution in [-0.4, -0.2) is 19.1 Å². The van der Waals surface area contributed by atoms with Gasteiger partial charge in [-0.25, -0.2) is 0 Å². The molecule has 1 heterocycles. The number of ether oxygens (including phenoxy) is 1. The molecule has 0 aromatic heterocycles. The molecule has 0 radical (unpaired) electrons. The highest BCUT2D eigenvalue weighted by Crippen LogP contribution is 2.31. The van der Waals surface area contributed by atoms with Gasteiger partial charge in [0.05, 0.1) is 12.6 Å². The van der Waals surface area contributed by atoms with Crippen LogP contribution in [0.25, 0.3) is 0 Å². The van der Waals surface area contributed by atoms with Crippen molar-refractivity contribution < 1.29 is 4.74 Å². The molecule has 3 N–H and O–H groups in total. The van der Waals surface area contributed by atoms with E-state index in [2.05, 4.69) is 44.1 Å². The predicted octanol–water partition coefficient (Wildman–Crippen LogP) is 3.10. The quantitative estimate of drug-likeness (QED) is 0.661. The number of hydrogen-bond acceptors (Lipinski definition) is 2. The molecule has 4 nitrogen and oxygen atoms in total. The summed E-state index contributed by atoms with van der Waals surface area (Å²) in [5.74, 6) is 2.03. The monoisotopic (exact) mass is 289 g/mol.